The Balaban J connectivity index is 1.34. The summed E-state index contributed by atoms with van der Waals surface area (Å²) in [6, 6.07) is 9.89. The second-order valence-corrected chi connectivity index (χ2v) is 8.47. The lowest BCUT2D eigenvalue weighted by Crippen LogP contribution is -2.36. The topological polar surface area (TPSA) is 70.5 Å². The monoisotopic (exact) mass is 415 g/mol. The standard InChI is InChI=1S/C21H26ClN5O2/c1-23-20(28)19-7-8-27(24-19)21(29)26-12-15-9-17(10-16(15)13-26)25(2)11-14-5-3-4-6-18(14)22/h3-8,15-17H,9-13H2,1-2H3,(H,23,28). The van der Waals surface area contributed by atoms with Gasteiger partial charge in [0, 0.05) is 43.9 Å². The van der Waals surface area contributed by atoms with Crippen molar-refractivity contribution in [3.63, 3.8) is 0 Å². The molecular formula is C21H26ClN5O2. The highest BCUT2D eigenvalue weighted by Crippen LogP contribution is 2.40. The number of likely N-dealkylation sites (tertiary alicyclic amines) is 1. The first-order valence-corrected chi connectivity index (χ1v) is 10.3. The van der Waals surface area contributed by atoms with Gasteiger partial charge in [0.2, 0.25) is 0 Å². The first-order valence-electron chi connectivity index (χ1n) is 9.97. The van der Waals surface area contributed by atoms with E-state index in [1.54, 1.807) is 19.3 Å². The fourth-order valence-electron chi connectivity index (χ4n) is 4.63. The van der Waals surface area contributed by atoms with Crippen molar-refractivity contribution in [1.82, 2.24) is 24.9 Å². The Kier molecular flexibility index (Phi) is 5.61. The van der Waals surface area contributed by atoms with Gasteiger partial charge in [0.25, 0.3) is 5.91 Å². The maximum Gasteiger partial charge on any atom is 0.344 e. The highest BCUT2D eigenvalue weighted by atomic mass is 35.5. The molecule has 2 amide bonds. The van der Waals surface area contributed by atoms with Crippen LogP contribution in [0.25, 0.3) is 0 Å². The number of fused-ring (bicyclic) bond motifs is 1. The van der Waals surface area contributed by atoms with Gasteiger partial charge in [0.15, 0.2) is 5.69 Å². The van der Waals surface area contributed by atoms with Gasteiger partial charge in [-0.3, -0.25) is 9.69 Å². The van der Waals surface area contributed by atoms with E-state index in [1.165, 1.54) is 4.68 Å². The van der Waals surface area contributed by atoms with Crippen LogP contribution in [0.15, 0.2) is 36.5 Å². The average Bonchev–Trinajstić information content (AvgIpc) is 3.43. The Morgan fingerprint density at radius 1 is 1.21 bits per heavy atom. The van der Waals surface area contributed by atoms with Crippen LogP contribution in [-0.4, -0.2) is 64.7 Å². The molecular weight excluding hydrogens is 390 g/mol. The summed E-state index contributed by atoms with van der Waals surface area (Å²) in [5.41, 5.74) is 1.40. The highest BCUT2D eigenvalue weighted by molar-refractivity contribution is 6.31. The predicted octanol–water partition coefficient (Wildman–Crippen LogP) is 2.71. The van der Waals surface area contributed by atoms with E-state index in [0.29, 0.717) is 17.9 Å². The van der Waals surface area contributed by atoms with Crippen molar-refractivity contribution in [3.05, 3.63) is 52.8 Å². The van der Waals surface area contributed by atoms with Crippen LogP contribution in [0.3, 0.4) is 0 Å². The molecule has 29 heavy (non-hydrogen) atoms. The SMILES string of the molecule is CNC(=O)c1ccn(C(=O)N2CC3CC(N(C)Cc4ccccc4Cl)CC3C2)n1. The molecule has 2 aliphatic rings. The van der Waals surface area contributed by atoms with Crippen LogP contribution in [0.1, 0.15) is 28.9 Å². The van der Waals surface area contributed by atoms with Gasteiger partial charge in [-0.2, -0.15) is 9.78 Å². The van der Waals surface area contributed by atoms with Crippen LogP contribution in [-0.2, 0) is 6.54 Å². The molecule has 8 heteroatoms. The Morgan fingerprint density at radius 2 is 1.90 bits per heavy atom. The molecule has 2 atom stereocenters. The molecule has 4 rings (SSSR count). The average molecular weight is 416 g/mol. The molecule has 2 unspecified atom stereocenters. The van der Waals surface area contributed by atoms with E-state index in [9.17, 15) is 9.59 Å². The van der Waals surface area contributed by atoms with E-state index < -0.39 is 0 Å². The predicted molar refractivity (Wildman–Crippen MR) is 111 cm³/mol. The van der Waals surface area contributed by atoms with Gasteiger partial charge in [-0.25, -0.2) is 4.79 Å². The van der Waals surface area contributed by atoms with Crippen LogP contribution in [0.2, 0.25) is 5.02 Å². The van der Waals surface area contributed by atoms with Crippen molar-refractivity contribution in [1.29, 1.82) is 0 Å². The van der Waals surface area contributed by atoms with Gasteiger partial charge >= 0.3 is 6.03 Å². The second kappa shape index (κ2) is 8.16. The molecule has 1 N–H and O–H groups in total. The normalized spacial score (nSPS) is 23.4. The number of nitrogens with one attached hydrogen (secondary N) is 1. The number of carbonyl (C=O) groups excluding carboxylic acids is 2. The summed E-state index contributed by atoms with van der Waals surface area (Å²) in [5, 5.41) is 7.44. The quantitative estimate of drug-likeness (QED) is 0.833. The van der Waals surface area contributed by atoms with Crippen molar-refractivity contribution >= 4 is 23.5 Å². The third-order valence-corrected chi connectivity index (χ3v) is 6.61. The van der Waals surface area contributed by atoms with Crippen molar-refractivity contribution in [2.75, 3.05) is 27.2 Å². The van der Waals surface area contributed by atoms with Crippen LogP contribution in [0.4, 0.5) is 4.79 Å². The molecule has 2 heterocycles. The van der Waals surface area contributed by atoms with E-state index in [2.05, 4.69) is 28.4 Å². The summed E-state index contributed by atoms with van der Waals surface area (Å²) >= 11 is 6.31. The second-order valence-electron chi connectivity index (χ2n) is 8.06. The third-order valence-electron chi connectivity index (χ3n) is 6.24. The number of rotatable bonds is 4. The van der Waals surface area contributed by atoms with Crippen molar-refractivity contribution in [2.45, 2.75) is 25.4 Å². The molecule has 1 aromatic heterocycles. The number of hydrogen-bond acceptors (Lipinski definition) is 4. The Hall–Kier alpha value is -2.38. The van der Waals surface area contributed by atoms with Crippen molar-refractivity contribution in [3.8, 4) is 0 Å². The summed E-state index contributed by atoms with van der Waals surface area (Å²) in [6.07, 6.45) is 3.72. The Bertz CT molecular complexity index is 900. The van der Waals surface area contributed by atoms with E-state index >= 15 is 0 Å². The molecule has 7 nitrogen and oxygen atoms in total. The molecule has 0 bridgehead atoms. The van der Waals surface area contributed by atoms with Gasteiger partial charge in [-0.15, -0.1) is 0 Å². The molecule has 2 fully saturated rings. The smallest absolute Gasteiger partial charge is 0.344 e. The van der Waals surface area contributed by atoms with E-state index in [1.807, 2.05) is 23.1 Å². The molecule has 2 aromatic rings. The maximum atomic E-state index is 12.8. The lowest BCUT2D eigenvalue weighted by Gasteiger charge is -2.26. The Labute approximate surface area is 175 Å². The van der Waals surface area contributed by atoms with Gasteiger partial charge in [0.1, 0.15) is 0 Å². The molecule has 0 radical (unpaired) electrons. The van der Waals surface area contributed by atoms with Crippen LogP contribution < -0.4 is 5.32 Å². The number of benzene rings is 1. The van der Waals surface area contributed by atoms with Crippen molar-refractivity contribution in [2.24, 2.45) is 11.8 Å². The van der Waals surface area contributed by atoms with E-state index in [4.69, 9.17) is 11.6 Å². The summed E-state index contributed by atoms with van der Waals surface area (Å²) in [4.78, 5) is 28.7. The maximum absolute atomic E-state index is 12.8. The van der Waals surface area contributed by atoms with Crippen LogP contribution in [0, 0.1) is 11.8 Å². The molecule has 0 spiro atoms. The number of carbonyl (C=O) groups is 2. The summed E-state index contributed by atoms with van der Waals surface area (Å²) < 4.78 is 1.27. The van der Waals surface area contributed by atoms with E-state index in [-0.39, 0.29) is 17.6 Å². The molecule has 1 aromatic carbocycles. The zero-order valence-electron chi connectivity index (χ0n) is 16.7. The number of amides is 2. The Morgan fingerprint density at radius 3 is 2.55 bits per heavy atom. The van der Waals surface area contributed by atoms with Gasteiger partial charge < -0.3 is 10.2 Å². The molecule has 1 saturated heterocycles. The minimum atomic E-state index is -0.292. The van der Waals surface area contributed by atoms with E-state index in [0.717, 1.165) is 43.1 Å². The molecule has 1 saturated carbocycles. The minimum Gasteiger partial charge on any atom is -0.354 e. The van der Waals surface area contributed by atoms with Crippen LogP contribution in [0.5, 0.6) is 0 Å². The number of nitrogens with zero attached hydrogens (tertiary/aromatic N) is 4. The zero-order valence-corrected chi connectivity index (χ0v) is 17.5. The van der Waals surface area contributed by atoms with Gasteiger partial charge in [-0.1, -0.05) is 29.8 Å². The lowest BCUT2D eigenvalue weighted by atomic mass is 10.0. The van der Waals surface area contributed by atoms with Crippen LogP contribution >= 0.6 is 11.6 Å². The molecule has 154 valence electrons. The van der Waals surface area contributed by atoms with Gasteiger partial charge in [-0.05, 0) is 49.4 Å². The number of hydrogen-bond donors (Lipinski definition) is 1. The fraction of sp³-hybridized carbons (Fsp3) is 0.476. The summed E-state index contributed by atoms with van der Waals surface area (Å²) in [6.45, 7) is 2.33. The number of halogens is 1. The van der Waals surface area contributed by atoms with Crippen molar-refractivity contribution < 1.29 is 9.59 Å². The summed E-state index contributed by atoms with van der Waals surface area (Å²) in [5.74, 6) is 0.720. The van der Waals surface area contributed by atoms with Gasteiger partial charge in [0.05, 0.1) is 0 Å². The molecule has 1 aliphatic heterocycles. The highest BCUT2D eigenvalue weighted by Gasteiger charge is 2.43. The number of aromatic nitrogens is 2. The minimum absolute atomic E-state index is 0.157. The first-order chi connectivity index (χ1) is 14.0. The lowest BCUT2D eigenvalue weighted by molar-refractivity contribution is 0.0957. The summed E-state index contributed by atoms with van der Waals surface area (Å²) in [7, 11) is 3.70. The zero-order chi connectivity index (χ0) is 20.5. The first kappa shape index (κ1) is 19.9. The largest absolute Gasteiger partial charge is 0.354 e. The molecule has 1 aliphatic carbocycles. The fourth-order valence-corrected chi connectivity index (χ4v) is 4.83. The third kappa shape index (κ3) is 4.02.